The van der Waals surface area contributed by atoms with Gasteiger partial charge in [-0.05, 0) is 17.9 Å². The first-order valence-electron chi connectivity index (χ1n) is 6.40. The highest BCUT2D eigenvalue weighted by molar-refractivity contribution is 6.05. The molecule has 18 heavy (non-hydrogen) atoms. The summed E-state index contributed by atoms with van der Waals surface area (Å²) in [5, 5.41) is 3.67. The zero-order chi connectivity index (χ0) is 12.9. The number of fused-ring (bicyclic) bond motifs is 3. The Kier molecular flexibility index (Phi) is 2.28. The normalized spacial score (nSPS) is 12.4. The van der Waals surface area contributed by atoms with E-state index in [1.54, 1.807) is 0 Å². The molecule has 1 nitrogen and oxygen atoms in total. The Morgan fingerprint density at radius 2 is 1.61 bits per heavy atom. The van der Waals surface area contributed by atoms with Crippen LogP contribution in [0.3, 0.4) is 0 Å². The maximum atomic E-state index is 6.18. The lowest BCUT2D eigenvalue weighted by Crippen LogP contribution is -2.10. The smallest absolute Gasteiger partial charge is 0.142 e. The van der Waals surface area contributed by atoms with Crippen molar-refractivity contribution in [3.05, 3.63) is 47.7 Å². The highest BCUT2D eigenvalue weighted by atomic mass is 16.3. The summed E-state index contributed by atoms with van der Waals surface area (Å²) in [6.45, 7) is 8.74. The van der Waals surface area contributed by atoms with Crippen LogP contribution in [-0.4, -0.2) is 0 Å². The Hall–Kier alpha value is -1.76. The molecule has 0 amide bonds. The van der Waals surface area contributed by atoms with Crippen LogP contribution >= 0.6 is 0 Å². The number of aryl methyl sites for hydroxylation is 1. The molecule has 0 saturated carbocycles. The van der Waals surface area contributed by atoms with E-state index in [4.69, 9.17) is 4.42 Å². The molecule has 0 atom stereocenters. The third kappa shape index (κ3) is 1.54. The molecule has 0 N–H and O–H groups in total. The fourth-order valence-electron chi connectivity index (χ4n) is 2.66. The highest BCUT2D eigenvalue weighted by Gasteiger charge is 2.23. The molecule has 0 bridgehead atoms. The minimum atomic E-state index is 0.0458. The second kappa shape index (κ2) is 3.61. The molecule has 0 spiro atoms. The van der Waals surface area contributed by atoms with E-state index >= 15 is 0 Å². The fraction of sp³-hybridized carbons (Fsp3) is 0.294. The van der Waals surface area contributed by atoms with Crippen LogP contribution in [0.25, 0.3) is 21.7 Å². The summed E-state index contributed by atoms with van der Waals surface area (Å²) in [5.74, 6) is 1.09. The first kappa shape index (κ1) is 11.3. The molecule has 1 heteroatoms. The van der Waals surface area contributed by atoms with Gasteiger partial charge in [0.05, 0.1) is 0 Å². The van der Waals surface area contributed by atoms with Crippen LogP contribution in [0.5, 0.6) is 0 Å². The summed E-state index contributed by atoms with van der Waals surface area (Å²) in [6.07, 6.45) is 0. The third-order valence-electron chi connectivity index (χ3n) is 3.51. The Labute approximate surface area is 107 Å². The van der Waals surface area contributed by atoms with Crippen molar-refractivity contribution in [2.75, 3.05) is 0 Å². The number of hydrogen-bond acceptors (Lipinski definition) is 1. The van der Waals surface area contributed by atoms with E-state index in [1.165, 1.54) is 21.7 Å². The standard InChI is InChI=1S/C17H18O/c1-11-13-10-9-12-7-5-6-8-14(12)15(13)18-16(11)17(2,3)4/h5-10H,1-4H3. The van der Waals surface area contributed by atoms with Gasteiger partial charge in [-0.25, -0.2) is 0 Å². The Balaban J connectivity index is 2.46. The van der Waals surface area contributed by atoms with Crippen LogP contribution in [0.15, 0.2) is 40.8 Å². The Bertz CT molecular complexity index is 726. The lowest BCUT2D eigenvalue weighted by molar-refractivity contribution is 0.427. The summed E-state index contributed by atoms with van der Waals surface area (Å²) >= 11 is 0. The molecule has 1 aromatic heterocycles. The monoisotopic (exact) mass is 238 g/mol. The fourth-order valence-corrected chi connectivity index (χ4v) is 2.66. The van der Waals surface area contributed by atoms with Crippen LogP contribution < -0.4 is 0 Å². The first-order valence-corrected chi connectivity index (χ1v) is 6.40. The second-order valence-corrected chi connectivity index (χ2v) is 5.97. The summed E-state index contributed by atoms with van der Waals surface area (Å²) < 4.78 is 6.18. The molecule has 92 valence electrons. The van der Waals surface area contributed by atoms with Crippen molar-refractivity contribution < 1.29 is 4.42 Å². The molecule has 0 saturated heterocycles. The van der Waals surface area contributed by atoms with E-state index in [0.29, 0.717) is 0 Å². The second-order valence-electron chi connectivity index (χ2n) is 5.97. The van der Waals surface area contributed by atoms with Gasteiger partial charge in [-0.1, -0.05) is 57.2 Å². The van der Waals surface area contributed by atoms with E-state index in [1.807, 2.05) is 0 Å². The van der Waals surface area contributed by atoms with Gasteiger partial charge in [-0.15, -0.1) is 0 Å². The van der Waals surface area contributed by atoms with Gasteiger partial charge in [-0.3, -0.25) is 0 Å². The molecule has 0 unspecified atom stereocenters. The maximum absolute atomic E-state index is 6.18. The quantitative estimate of drug-likeness (QED) is 0.525. The van der Waals surface area contributed by atoms with Gasteiger partial charge in [0.1, 0.15) is 11.3 Å². The highest BCUT2D eigenvalue weighted by Crippen LogP contribution is 2.36. The van der Waals surface area contributed by atoms with E-state index in [-0.39, 0.29) is 5.41 Å². The average molecular weight is 238 g/mol. The third-order valence-corrected chi connectivity index (χ3v) is 3.51. The van der Waals surface area contributed by atoms with Gasteiger partial charge >= 0.3 is 0 Å². The SMILES string of the molecule is Cc1c(C(C)(C)C)oc2c1ccc1ccccc12. The largest absolute Gasteiger partial charge is 0.460 e. The minimum absolute atomic E-state index is 0.0458. The topological polar surface area (TPSA) is 13.1 Å². The molecule has 0 aliphatic carbocycles. The van der Waals surface area contributed by atoms with Gasteiger partial charge in [0, 0.05) is 16.2 Å². The predicted octanol–water partition coefficient (Wildman–Crippen LogP) is 5.19. The predicted molar refractivity (Wildman–Crippen MR) is 77.2 cm³/mol. The summed E-state index contributed by atoms with van der Waals surface area (Å²) in [4.78, 5) is 0. The minimum Gasteiger partial charge on any atom is -0.460 e. The van der Waals surface area contributed by atoms with Crippen molar-refractivity contribution in [1.29, 1.82) is 0 Å². The molecule has 3 aromatic rings. The van der Waals surface area contributed by atoms with Gasteiger partial charge in [0.2, 0.25) is 0 Å². The van der Waals surface area contributed by atoms with Crippen molar-refractivity contribution in [2.24, 2.45) is 0 Å². The van der Waals surface area contributed by atoms with Crippen molar-refractivity contribution in [2.45, 2.75) is 33.1 Å². The number of furan rings is 1. The molecular weight excluding hydrogens is 220 g/mol. The number of benzene rings is 2. The average Bonchev–Trinajstić information content (AvgIpc) is 2.67. The van der Waals surface area contributed by atoms with Crippen molar-refractivity contribution in [3.63, 3.8) is 0 Å². The van der Waals surface area contributed by atoms with Gasteiger partial charge < -0.3 is 4.42 Å². The van der Waals surface area contributed by atoms with E-state index in [9.17, 15) is 0 Å². The first-order chi connectivity index (χ1) is 8.48. The molecule has 3 rings (SSSR count). The summed E-state index contributed by atoms with van der Waals surface area (Å²) in [5.41, 5.74) is 2.34. The molecule has 0 fully saturated rings. The Morgan fingerprint density at radius 3 is 2.33 bits per heavy atom. The van der Waals surface area contributed by atoms with Crippen LogP contribution in [0, 0.1) is 6.92 Å². The lowest BCUT2D eigenvalue weighted by atomic mass is 9.90. The van der Waals surface area contributed by atoms with Crippen LogP contribution in [0.1, 0.15) is 32.1 Å². The molecule has 0 radical (unpaired) electrons. The molecule has 1 heterocycles. The number of rotatable bonds is 0. The van der Waals surface area contributed by atoms with Crippen molar-refractivity contribution >= 4 is 21.7 Å². The molecule has 0 aliphatic rings. The number of hydrogen-bond donors (Lipinski definition) is 0. The van der Waals surface area contributed by atoms with Gasteiger partial charge in [0.15, 0.2) is 0 Å². The van der Waals surface area contributed by atoms with Crippen LogP contribution in [0.2, 0.25) is 0 Å². The lowest BCUT2D eigenvalue weighted by Gasteiger charge is -2.15. The summed E-state index contributed by atoms with van der Waals surface area (Å²) in [7, 11) is 0. The van der Waals surface area contributed by atoms with Gasteiger partial charge in [0.25, 0.3) is 0 Å². The van der Waals surface area contributed by atoms with Crippen LogP contribution in [0.4, 0.5) is 0 Å². The van der Waals surface area contributed by atoms with Crippen molar-refractivity contribution in [1.82, 2.24) is 0 Å². The van der Waals surface area contributed by atoms with Gasteiger partial charge in [-0.2, -0.15) is 0 Å². The van der Waals surface area contributed by atoms with Crippen molar-refractivity contribution in [3.8, 4) is 0 Å². The zero-order valence-electron chi connectivity index (χ0n) is 11.4. The Morgan fingerprint density at radius 1 is 0.889 bits per heavy atom. The van der Waals surface area contributed by atoms with Crippen LogP contribution in [-0.2, 0) is 5.41 Å². The molecule has 2 aromatic carbocycles. The van der Waals surface area contributed by atoms with E-state index < -0.39 is 0 Å². The van der Waals surface area contributed by atoms with E-state index in [2.05, 4.69) is 64.1 Å². The maximum Gasteiger partial charge on any atom is 0.142 e. The summed E-state index contributed by atoms with van der Waals surface area (Å²) in [6, 6.07) is 12.7. The molecular formula is C17H18O. The molecule has 0 aliphatic heterocycles. The van der Waals surface area contributed by atoms with E-state index in [0.717, 1.165) is 11.3 Å². The zero-order valence-corrected chi connectivity index (χ0v) is 11.4.